The lowest BCUT2D eigenvalue weighted by molar-refractivity contribution is -0.229. The molecular formula is C24H38O4. The minimum atomic E-state index is -0.359. The van der Waals surface area contributed by atoms with Crippen LogP contribution < -0.4 is 0 Å². The van der Waals surface area contributed by atoms with E-state index in [9.17, 15) is 4.79 Å². The Kier molecular flexibility index (Phi) is 11.9. The molecule has 0 saturated carbocycles. The van der Waals surface area contributed by atoms with Crippen molar-refractivity contribution < 1.29 is 19.0 Å². The van der Waals surface area contributed by atoms with Gasteiger partial charge in [0.05, 0.1) is 13.2 Å². The van der Waals surface area contributed by atoms with Gasteiger partial charge in [-0.15, -0.1) is 0 Å². The van der Waals surface area contributed by atoms with Gasteiger partial charge in [0.15, 0.2) is 6.29 Å². The van der Waals surface area contributed by atoms with E-state index < -0.39 is 0 Å². The van der Waals surface area contributed by atoms with E-state index in [1.54, 1.807) is 0 Å². The van der Waals surface area contributed by atoms with Gasteiger partial charge in [0.25, 0.3) is 0 Å². The number of hydrogen-bond acceptors (Lipinski definition) is 4. The summed E-state index contributed by atoms with van der Waals surface area (Å²) < 4.78 is 16.9. The number of hydrogen-bond donors (Lipinski definition) is 0. The van der Waals surface area contributed by atoms with Crippen molar-refractivity contribution in [2.24, 2.45) is 0 Å². The summed E-state index contributed by atoms with van der Waals surface area (Å²) >= 11 is 0. The molecule has 2 rings (SSSR count). The van der Waals surface area contributed by atoms with Crippen molar-refractivity contribution in [3.8, 4) is 0 Å². The lowest BCUT2D eigenvalue weighted by atomic mass is 10.1. The van der Waals surface area contributed by atoms with Crippen LogP contribution in [0.25, 0.3) is 0 Å². The number of esters is 1. The zero-order valence-electron chi connectivity index (χ0n) is 17.6. The first-order valence-corrected chi connectivity index (χ1v) is 11.3. The van der Waals surface area contributed by atoms with Crippen LogP contribution in [0.4, 0.5) is 0 Å². The number of carbonyl (C=O) groups excluding carboxylic acids is 1. The SMILES string of the molecule is CCCCCCCCCCCCCC(=O)OC1COC(c2ccccc2)OC1. The van der Waals surface area contributed by atoms with E-state index in [2.05, 4.69) is 6.92 Å². The molecule has 1 heterocycles. The Hall–Kier alpha value is -1.39. The lowest BCUT2D eigenvalue weighted by Crippen LogP contribution is -2.35. The summed E-state index contributed by atoms with van der Waals surface area (Å²) in [5.74, 6) is -0.133. The molecule has 1 aliphatic rings. The van der Waals surface area contributed by atoms with E-state index in [0.29, 0.717) is 19.6 Å². The smallest absolute Gasteiger partial charge is 0.306 e. The van der Waals surface area contributed by atoms with Crippen LogP contribution in [0.3, 0.4) is 0 Å². The number of benzene rings is 1. The Balaban J connectivity index is 1.42. The topological polar surface area (TPSA) is 44.8 Å². The van der Waals surface area contributed by atoms with Gasteiger partial charge in [0.1, 0.15) is 6.10 Å². The molecule has 158 valence electrons. The van der Waals surface area contributed by atoms with Crippen molar-refractivity contribution in [3.63, 3.8) is 0 Å². The van der Waals surface area contributed by atoms with Crippen molar-refractivity contribution in [2.75, 3.05) is 13.2 Å². The zero-order chi connectivity index (χ0) is 19.9. The summed E-state index contributed by atoms with van der Waals surface area (Å²) in [5, 5.41) is 0. The molecule has 1 aliphatic heterocycles. The van der Waals surface area contributed by atoms with E-state index in [1.807, 2.05) is 30.3 Å². The lowest BCUT2D eigenvalue weighted by Gasteiger charge is -2.29. The van der Waals surface area contributed by atoms with Gasteiger partial charge in [0, 0.05) is 12.0 Å². The predicted octanol–water partition coefficient (Wildman–Crippen LogP) is 6.34. The van der Waals surface area contributed by atoms with Gasteiger partial charge in [-0.3, -0.25) is 4.79 Å². The number of carbonyl (C=O) groups is 1. The standard InChI is InChI=1S/C24H38O4/c1-2-3-4-5-6-7-8-9-10-11-15-18-23(25)28-22-19-26-24(27-20-22)21-16-13-12-14-17-21/h12-14,16-17,22,24H,2-11,15,18-20H2,1H3. The summed E-state index contributed by atoms with van der Waals surface area (Å²) in [6.45, 7) is 3.04. The van der Waals surface area contributed by atoms with Crippen LogP contribution in [0.5, 0.6) is 0 Å². The molecule has 0 atom stereocenters. The molecule has 0 spiro atoms. The fourth-order valence-electron chi connectivity index (χ4n) is 3.53. The van der Waals surface area contributed by atoms with Crippen LogP contribution in [0, 0.1) is 0 Å². The summed E-state index contributed by atoms with van der Waals surface area (Å²) in [6, 6.07) is 9.84. The maximum Gasteiger partial charge on any atom is 0.306 e. The zero-order valence-corrected chi connectivity index (χ0v) is 17.6. The average Bonchev–Trinajstić information content (AvgIpc) is 2.73. The van der Waals surface area contributed by atoms with E-state index in [1.165, 1.54) is 57.8 Å². The highest BCUT2D eigenvalue weighted by atomic mass is 16.7. The van der Waals surface area contributed by atoms with Gasteiger partial charge >= 0.3 is 5.97 Å². The molecular weight excluding hydrogens is 352 g/mol. The minimum Gasteiger partial charge on any atom is -0.457 e. The highest BCUT2D eigenvalue weighted by molar-refractivity contribution is 5.69. The average molecular weight is 391 g/mol. The first-order valence-electron chi connectivity index (χ1n) is 11.3. The molecule has 4 heteroatoms. The maximum absolute atomic E-state index is 12.0. The summed E-state index contributed by atoms with van der Waals surface area (Å²) in [6.07, 6.45) is 13.9. The van der Waals surface area contributed by atoms with Crippen LogP contribution >= 0.6 is 0 Å². The fourth-order valence-corrected chi connectivity index (χ4v) is 3.53. The number of rotatable bonds is 14. The van der Waals surface area contributed by atoms with Crippen molar-refractivity contribution in [1.82, 2.24) is 0 Å². The Bertz CT molecular complexity index is 509. The van der Waals surface area contributed by atoms with Gasteiger partial charge < -0.3 is 14.2 Å². The number of unbranched alkanes of at least 4 members (excludes halogenated alkanes) is 10. The Labute approximate surface area is 170 Å². The van der Waals surface area contributed by atoms with E-state index in [4.69, 9.17) is 14.2 Å². The molecule has 28 heavy (non-hydrogen) atoms. The van der Waals surface area contributed by atoms with Crippen LogP contribution in [-0.2, 0) is 19.0 Å². The molecule has 0 radical (unpaired) electrons. The van der Waals surface area contributed by atoms with E-state index in [-0.39, 0.29) is 18.4 Å². The van der Waals surface area contributed by atoms with Gasteiger partial charge in [-0.1, -0.05) is 101 Å². The molecule has 0 unspecified atom stereocenters. The van der Waals surface area contributed by atoms with Crippen LogP contribution in [0.1, 0.15) is 95.8 Å². The molecule has 0 amide bonds. The van der Waals surface area contributed by atoms with Crippen LogP contribution in [0.15, 0.2) is 30.3 Å². The van der Waals surface area contributed by atoms with Crippen molar-refractivity contribution in [2.45, 2.75) is 96.4 Å². The van der Waals surface area contributed by atoms with E-state index in [0.717, 1.165) is 18.4 Å². The first kappa shape index (κ1) is 22.9. The third kappa shape index (κ3) is 9.70. The molecule has 0 aliphatic carbocycles. The second-order valence-electron chi connectivity index (χ2n) is 7.81. The van der Waals surface area contributed by atoms with E-state index >= 15 is 0 Å². The van der Waals surface area contributed by atoms with Crippen molar-refractivity contribution in [3.05, 3.63) is 35.9 Å². The van der Waals surface area contributed by atoms with Gasteiger partial charge in [-0.05, 0) is 6.42 Å². The van der Waals surface area contributed by atoms with Gasteiger partial charge in [-0.25, -0.2) is 0 Å². The molecule has 0 N–H and O–H groups in total. The Morgan fingerprint density at radius 3 is 1.96 bits per heavy atom. The molecule has 1 fully saturated rings. The molecule has 1 saturated heterocycles. The van der Waals surface area contributed by atoms with Crippen LogP contribution in [-0.4, -0.2) is 25.3 Å². The molecule has 1 aromatic carbocycles. The third-order valence-corrected chi connectivity index (χ3v) is 5.22. The highest BCUT2D eigenvalue weighted by Gasteiger charge is 2.25. The van der Waals surface area contributed by atoms with Crippen molar-refractivity contribution in [1.29, 1.82) is 0 Å². The molecule has 0 bridgehead atoms. The fraction of sp³-hybridized carbons (Fsp3) is 0.708. The monoisotopic (exact) mass is 390 g/mol. The first-order chi connectivity index (χ1) is 13.8. The molecule has 0 aromatic heterocycles. The predicted molar refractivity (Wildman–Crippen MR) is 112 cm³/mol. The maximum atomic E-state index is 12.0. The second kappa shape index (κ2) is 14.6. The molecule has 1 aromatic rings. The summed E-state index contributed by atoms with van der Waals surface area (Å²) in [4.78, 5) is 12.0. The Morgan fingerprint density at radius 1 is 0.857 bits per heavy atom. The highest BCUT2D eigenvalue weighted by Crippen LogP contribution is 2.23. The Morgan fingerprint density at radius 2 is 1.39 bits per heavy atom. The summed E-state index contributed by atoms with van der Waals surface area (Å²) in [5.41, 5.74) is 0.994. The quantitative estimate of drug-likeness (QED) is 0.274. The van der Waals surface area contributed by atoms with Crippen LogP contribution in [0.2, 0.25) is 0 Å². The summed E-state index contributed by atoms with van der Waals surface area (Å²) in [7, 11) is 0. The second-order valence-corrected chi connectivity index (χ2v) is 7.81. The van der Waals surface area contributed by atoms with Crippen molar-refractivity contribution >= 4 is 5.97 Å². The van der Waals surface area contributed by atoms with Gasteiger partial charge in [-0.2, -0.15) is 0 Å². The minimum absolute atomic E-state index is 0.133. The largest absolute Gasteiger partial charge is 0.457 e. The molecule has 4 nitrogen and oxygen atoms in total. The van der Waals surface area contributed by atoms with Gasteiger partial charge in [0.2, 0.25) is 0 Å². The number of ether oxygens (including phenoxy) is 3. The third-order valence-electron chi connectivity index (χ3n) is 5.22. The normalized spacial score (nSPS) is 19.5.